The standard InChI is InChI=1S/C12H18N2O4/c1-6(2)10(12(16)17-5)13-11(15)9-7(3)14-18-8(9)4/h6,10H,1-5H3,(H,13,15). The lowest BCUT2D eigenvalue weighted by Crippen LogP contribution is -2.45. The van der Waals surface area contributed by atoms with Crippen LogP contribution in [0.4, 0.5) is 0 Å². The van der Waals surface area contributed by atoms with Gasteiger partial charge in [-0.3, -0.25) is 4.79 Å². The molecule has 6 nitrogen and oxygen atoms in total. The molecule has 1 N–H and O–H groups in total. The number of hydrogen-bond acceptors (Lipinski definition) is 5. The third-order valence-electron chi connectivity index (χ3n) is 2.67. The molecule has 0 spiro atoms. The van der Waals surface area contributed by atoms with Gasteiger partial charge in [-0.15, -0.1) is 0 Å². The van der Waals surface area contributed by atoms with Gasteiger partial charge in [0.1, 0.15) is 17.4 Å². The maximum Gasteiger partial charge on any atom is 0.328 e. The number of nitrogens with one attached hydrogen (secondary N) is 1. The lowest BCUT2D eigenvalue weighted by Gasteiger charge is -2.19. The summed E-state index contributed by atoms with van der Waals surface area (Å²) in [5, 5.41) is 6.34. The summed E-state index contributed by atoms with van der Waals surface area (Å²) >= 11 is 0. The van der Waals surface area contributed by atoms with E-state index < -0.39 is 12.0 Å². The van der Waals surface area contributed by atoms with Crippen LogP contribution in [-0.2, 0) is 9.53 Å². The van der Waals surface area contributed by atoms with Gasteiger partial charge in [-0.25, -0.2) is 4.79 Å². The first-order chi connectivity index (χ1) is 8.38. The van der Waals surface area contributed by atoms with Gasteiger partial charge in [0.25, 0.3) is 5.91 Å². The topological polar surface area (TPSA) is 81.4 Å². The molecular weight excluding hydrogens is 236 g/mol. The minimum Gasteiger partial charge on any atom is -0.467 e. The number of ether oxygens (including phenoxy) is 1. The van der Waals surface area contributed by atoms with Crippen molar-refractivity contribution in [1.29, 1.82) is 0 Å². The molecule has 0 aliphatic rings. The van der Waals surface area contributed by atoms with E-state index in [1.54, 1.807) is 13.8 Å². The van der Waals surface area contributed by atoms with E-state index in [9.17, 15) is 9.59 Å². The van der Waals surface area contributed by atoms with Crippen molar-refractivity contribution in [3.05, 3.63) is 17.0 Å². The molecule has 0 radical (unpaired) electrons. The molecular formula is C12H18N2O4. The molecule has 0 bridgehead atoms. The molecule has 1 aromatic rings. The van der Waals surface area contributed by atoms with Crippen LogP contribution >= 0.6 is 0 Å². The molecule has 0 saturated heterocycles. The molecule has 1 aromatic heterocycles. The van der Waals surface area contributed by atoms with E-state index in [0.717, 1.165) is 0 Å². The van der Waals surface area contributed by atoms with E-state index >= 15 is 0 Å². The molecule has 0 aliphatic heterocycles. The lowest BCUT2D eigenvalue weighted by atomic mass is 10.0. The molecule has 1 unspecified atom stereocenters. The largest absolute Gasteiger partial charge is 0.467 e. The van der Waals surface area contributed by atoms with Crippen molar-refractivity contribution in [1.82, 2.24) is 10.5 Å². The summed E-state index contributed by atoms with van der Waals surface area (Å²) in [5.41, 5.74) is 0.863. The van der Waals surface area contributed by atoms with Crippen LogP contribution in [0.1, 0.15) is 35.7 Å². The number of nitrogens with zero attached hydrogens (tertiary/aromatic N) is 1. The molecule has 1 amide bonds. The Morgan fingerprint density at radius 2 is 1.94 bits per heavy atom. The highest BCUT2D eigenvalue weighted by molar-refractivity contribution is 5.98. The Hall–Kier alpha value is -1.85. The molecule has 0 aromatic carbocycles. The Labute approximate surface area is 106 Å². The number of carbonyl (C=O) groups is 2. The average molecular weight is 254 g/mol. The second-order valence-corrected chi connectivity index (χ2v) is 4.42. The van der Waals surface area contributed by atoms with Crippen LogP contribution in [0.2, 0.25) is 0 Å². The quantitative estimate of drug-likeness (QED) is 0.817. The number of aryl methyl sites for hydroxylation is 2. The van der Waals surface area contributed by atoms with E-state index in [1.807, 2.05) is 13.8 Å². The fraction of sp³-hybridized carbons (Fsp3) is 0.583. The van der Waals surface area contributed by atoms with Crippen molar-refractivity contribution in [2.45, 2.75) is 33.7 Å². The van der Waals surface area contributed by atoms with Gasteiger partial charge in [0.15, 0.2) is 0 Å². The summed E-state index contributed by atoms with van der Waals surface area (Å²) in [5.74, 6) is -0.486. The number of carbonyl (C=O) groups excluding carboxylic acids is 2. The molecule has 1 rings (SSSR count). The summed E-state index contributed by atoms with van der Waals surface area (Å²) in [4.78, 5) is 23.6. The van der Waals surface area contributed by atoms with Crippen molar-refractivity contribution in [2.24, 2.45) is 5.92 Å². The summed E-state index contributed by atoms with van der Waals surface area (Å²) in [7, 11) is 1.29. The molecule has 1 heterocycles. The summed E-state index contributed by atoms with van der Waals surface area (Å²) in [6.45, 7) is 6.98. The zero-order valence-corrected chi connectivity index (χ0v) is 11.2. The van der Waals surface area contributed by atoms with Crippen molar-refractivity contribution >= 4 is 11.9 Å². The highest BCUT2D eigenvalue weighted by Gasteiger charge is 2.27. The molecule has 0 aliphatic carbocycles. The van der Waals surface area contributed by atoms with Gasteiger partial charge in [0.2, 0.25) is 0 Å². The smallest absolute Gasteiger partial charge is 0.328 e. The maximum atomic E-state index is 12.1. The Balaban J connectivity index is 2.89. The summed E-state index contributed by atoms with van der Waals surface area (Å²) in [6, 6.07) is -0.684. The van der Waals surface area contributed by atoms with Gasteiger partial charge in [-0.05, 0) is 19.8 Å². The number of hydrogen-bond donors (Lipinski definition) is 1. The van der Waals surface area contributed by atoms with Gasteiger partial charge < -0.3 is 14.6 Å². The molecule has 6 heteroatoms. The summed E-state index contributed by atoms with van der Waals surface area (Å²) < 4.78 is 9.58. The fourth-order valence-electron chi connectivity index (χ4n) is 1.65. The Kier molecular flexibility index (Phi) is 4.47. The van der Waals surface area contributed by atoms with Crippen LogP contribution in [0.25, 0.3) is 0 Å². The van der Waals surface area contributed by atoms with Gasteiger partial charge in [0, 0.05) is 0 Å². The minimum absolute atomic E-state index is 0.0677. The lowest BCUT2D eigenvalue weighted by molar-refractivity contribution is -0.144. The Morgan fingerprint density at radius 1 is 1.33 bits per heavy atom. The monoisotopic (exact) mass is 254 g/mol. The first kappa shape index (κ1) is 14.2. The van der Waals surface area contributed by atoms with E-state index in [-0.39, 0.29) is 11.8 Å². The second-order valence-electron chi connectivity index (χ2n) is 4.42. The molecule has 18 heavy (non-hydrogen) atoms. The third kappa shape index (κ3) is 2.88. The Bertz CT molecular complexity index is 431. The molecule has 0 fully saturated rings. The second kappa shape index (κ2) is 5.66. The van der Waals surface area contributed by atoms with Crippen LogP contribution in [0.5, 0.6) is 0 Å². The van der Waals surface area contributed by atoms with Crippen LogP contribution in [-0.4, -0.2) is 30.2 Å². The number of amides is 1. The van der Waals surface area contributed by atoms with Crippen molar-refractivity contribution < 1.29 is 18.8 Å². The number of methoxy groups -OCH3 is 1. The van der Waals surface area contributed by atoms with Crippen LogP contribution in [0.3, 0.4) is 0 Å². The number of rotatable bonds is 4. The summed E-state index contributed by atoms with van der Waals surface area (Å²) in [6.07, 6.45) is 0. The zero-order chi connectivity index (χ0) is 13.9. The molecule has 100 valence electrons. The highest BCUT2D eigenvalue weighted by atomic mass is 16.5. The van der Waals surface area contributed by atoms with Crippen molar-refractivity contribution in [3.63, 3.8) is 0 Å². The minimum atomic E-state index is -0.684. The van der Waals surface area contributed by atoms with Crippen LogP contribution in [0.15, 0.2) is 4.52 Å². The predicted molar refractivity (Wildman–Crippen MR) is 64.1 cm³/mol. The Morgan fingerprint density at radius 3 is 2.33 bits per heavy atom. The van der Waals surface area contributed by atoms with Crippen molar-refractivity contribution in [3.8, 4) is 0 Å². The fourth-order valence-corrected chi connectivity index (χ4v) is 1.65. The number of esters is 1. The van der Waals surface area contributed by atoms with E-state index in [1.165, 1.54) is 7.11 Å². The SMILES string of the molecule is COC(=O)C(NC(=O)c1c(C)noc1C)C(C)C. The first-order valence-electron chi connectivity index (χ1n) is 5.70. The first-order valence-corrected chi connectivity index (χ1v) is 5.70. The molecule has 1 atom stereocenters. The highest BCUT2D eigenvalue weighted by Crippen LogP contribution is 2.13. The number of aromatic nitrogens is 1. The van der Waals surface area contributed by atoms with Crippen LogP contribution < -0.4 is 5.32 Å². The average Bonchev–Trinajstić information content (AvgIpc) is 2.64. The maximum absolute atomic E-state index is 12.1. The predicted octanol–water partition coefficient (Wildman–Crippen LogP) is 1.22. The van der Waals surface area contributed by atoms with Gasteiger partial charge in [-0.1, -0.05) is 19.0 Å². The zero-order valence-electron chi connectivity index (χ0n) is 11.2. The van der Waals surface area contributed by atoms with Crippen LogP contribution in [0, 0.1) is 19.8 Å². The third-order valence-corrected chi connectivity index (χ3v) is 2.67. The normalized spacial score (nSPS) is 12.3. The van der Waals surface area contributed by atoms with Gasteiger partial charge >= 0.3 is 5.97 Å². The van der Waals surface area contributed by atoms with Gasteiger partial charge in [-0.2, -0.15) is 0 Å². The van der Waals surface area contributed by atoms with Gasteiger partial charge in [0.05, 0.1) is 12.8 Å². The van der Waals surface area contributed by atoms with E-state index in [2.05, 4.69) is 15.2 Å². The van der Waals surface area contributed by atoms with Crippen molar-refractivity contribution in [2.75, 3.05) is 7.11 Å². The molecule has 0 saturated carbocycles. The van der Waals surface area contributed by atoms with E-state index in [4.69, 9.17) is 4.52 Å². The van der Waals surface area contributed by atoms with E-state index in [0.29, 0.717) is 17.0 Å².